The summed E-state index contributed by atoms with van der Waals surface area (Å²) in [7, 11) is -1.06. The lowest BCUT2D eigenvalue weighted by atomic mass is 10.1. The first-order valence-corrected chi connectivity index (χ1v) is 12.7. The van der Waals surface area contributed by atoms with Crippen molar-refractivity contribution in [2.45, 2.75) is 31.5 Å². The summed E-state index contributed by atoms with van der Waals surface area (Å²) in [5.41, 5.74) is 2.82. The van der Waals surface area contributed by atoms with Crippen LogP contribution < -0.4 is 14.8 Å². The SMILES string of the molecule is CCS(=O)c1ccc(CC(=O)Nc2ccc([N+]3=C(C)C=C3)c(Oc3cccc(OC(F)(F)F)c3)c2)cc1. The number of alkyl halides is 3. The lowest BCUT2D eigenvalue weighted by Crippen LogP contribution is -2.17. The van der Waals surface area contributed by atoms with E-state index in [9.17, 15) is 22.2 Å². The molecule has 3 aromatic rings. The first kappa shape index (κ1) is 26.2. The Labute approximate surface area is 214 Å². The molecule has 37 heavy (non-hydrogen) atoms. The van der Waals surface area contributed by atoms with Crippen LogP contribution in [0.15, 0.2) is 83.9 Å². The maximum atomic E-state index is 12.7. The minimum Gasteiger partial charge on any atom is -0.450 e. The largest absolute Gasteiger partial charge is 0.573 e. The molecule has 0 saturated carbocycles. The van der Waals surface area contributed by atoms with Gasteiger partial charge in [-0.05, 0) is 35.9 Å². The highest BCUT2D eigenvalue weighted by atomic mass is 32.2. The second kappa shape index (κ2) is 11.0. The van der Waals surface area contributed by atoms with Gasteiger partial charge in [-0.3, -0.25) is 9.00 Å². The van der Waals surface area contributed by atoms with Crippen molar-refractivity contribution in [1.82, 2.24) is 0 Å². The third kappa shape index (κ3) is 6.85. The van der Waals surface area contributed by atoms with Crippen LogP contribution in [-0.2, 0) is 22.0 Å². The van der Waals surface area contributed by atoms with Crippen LogP contribution >= 0.6 is 0 Å². The summed E-state index contributed by atoms with van der Waals surface area (Å²) in [5, 5.41) is 2.83. The van der Waals surface area contributed by atoms with Crippen LogP contribution in [0.4, 0.5) is 24.5 Å². The predicted octanol–water partition coefficient (Wildman–Crippen LogP) is 6.32. The van der Waals surface area contributed by atoms with E-state index in [2.05, 4.69) is 10.1 Å². The quantitative estimate of drug-likeness (QED) is 0.330. The van der Waals surface area contributed by atoms with Crippen molar-refractivity contribution in [2.24, 2.45) is 0 Å². The molecule has 1 aliphatic heterocycles. The number of nitrogens with one attached hydrogen (secondary N) is 1. The third-order valence-corrected chi connectivity index (χ3v) is 6.75. The fraction of sp³-hybridized carbons (Fsp3) is 0.185. The Morgan fingerprint density at radius 2 is 1.76 bits per heavy atom. The number of ether oxygens (including phenoxy) is 2. The summed E-state index contributed by atoms with van der Waals surface area (Å²) in [5.74, 6) is 0.312. The number of carbonyl (C=O) groups excluding carboxylic acids is 1. The zero-order chi connectivity index (χ0) is 26.6. The van der Waals surface area contributed by atoms with Gasteiger partial charge in [-0.25, -0.2) is 0 Å². The van der Waals surface area contributed by atoms with Gasteiger partial charge in [0.25, 0.3) is 5.69 Å². The van der Waals surface area contributed by atoms with Gasteiger partial charge < -0.3 is 14.8 Å². The number of hydrogen-bond acceptors (Lipinski definition) is 4. The number of allylic oxidation sites excluding steroid dienone is 1. The number of benzene rings is 3. The molecule has 1 N–H and O–H groups in total. The van der Waals surface area contributed by atoms with Gasteiger partial charge in [-0.15, -0.1) is 13.2 Å². The van der Waals surface area contributed by atoms with Crippen LogP contribution in [0, 0.1) is 0 Å². The van der Waals surface area contributed by atoms with E-state index in [-0.39, 0.29) is 18.1 Å². The van der Waals surface area contributed by atoms with Crippen LogP contribution in [0.1, 0.15) is 19.4 Å². The van der Waals surface area contributed by atoms with E-state index >= 15 is 0 Å². The number of anilines is 1. The number of rotatable bonds is 9. The van der Waals surface area contributed by atoms with Gasteiger partial charge >= 0.3 is 6.36 Å². The molecular weight excluding hydrogens is 505 g/mol. The summed E-state index contributed by atoms with van der Waals surface area (Å²) < 4.78 is 61.6. The molecule has 1 aliphatic rings. The minimum absolute atomic E-state index is 0.107. The van der Waals surface area contributed by atoms with Gasteiger partial charge in [0.15, 0.2) is 11.9 Å². The van der Waals surface area contributed by atoms with E-state index in [1.165, 1.54) is 18.2 Å². The molecule has 0 saturated heterocycles. The van der Waals surface area contributed by atoms with Crippen LogP contribution in [-0.4, -0.2) is 32.5 Å². The molecule has 4 rings (SSSR count). The summed E-state index contributed by atoms with van der Waals surface area (Å²) in [6.45, 7) is 3.74. The maximum Gasteiger partial charge on any atom is 0.573 e. The number of nitrogens with zero attached hydrogens (tertiary/aromatic N) is 1. The highest BCUT2D eigenvalue weighted by molar-refractivity contribution is 7.85. The van der Waals surface area contributed by atoms with Crippen LogP contribution in [0.5, 0.6) is 17.2 Å². The van der Waals surface area contributed by atoms with Crippen molar-refractivity contribution < 1.29 is 36.2 Å². The Balaban J connectivity index is 1.53. The minimum atomic E-state index is -4.82. The highest BCUT2D eigenvalue weighted by Crippen LogP contribution is 2.37. The zero-order valence-electron chi connectivity index (χ0n) is 20.0. The second-order valence-corrected chi connectivity index (χ2v) is 9.88. The lowest BCUT2D eigenvalue weighted by Gasteiger charge is -2.14. The van der Waals surface area contributed by atoms with Crippen molar-refractivity contribution >= 4 is 33.8 Å². The van der Waals surface area contributed by atoms with E-state index < -0.39 is 22.9 Å². The molecule has 0 fully saturated rings. The third-order valence-electron chi connectivity index (χ3n) is 5.43. The first-order chi connectivity index (χ1) is 17.6. The summed E-state index contributed by atoms with van der Waals surface area (Å²) in [6, 6.07) is 17.3. The first-order valence-electron chi connectivity index (χ1n) is 11.4. The van der Waals surface area contributed by atoms with E-state index in [0.29, 0.717) is 27.8 Å². The van der Waals surface area contributed by atoms with Gasteiger partial charge in [0.2, 0.25) is 11.7 Å². The number of halogens is 3. The lowest BCUT2D eigenvalue weighted by molar-refractivity contribution is -0.372. The average molecular weight is 530 g/mol. The molecule has 0 spiro atoms. The molecule has 192 valence electrons. The number of hydrogen-bond donors (Lipinski definition) is 1. The molecule has 0 bridgehead atoms. The monoisotopic (exact) mass is 529 g/mol. The van der Waals surface area contributed by atoms with E-state index in [1.807, 2.05) is 30.7 Å². The Morgan fingerprint density at radius 3 is 2.38 bits per heavy atom. The van der Waals surface area contributed by atoms with Gasteiger partial charge in [-0.1, -0.05) is 25.1 Å². The Hall–Kier alpha value is -3.92. The van der Waals surface area contributed by atoms with Gasteiger partial charge in [-0.2, -0.15) is 4.58 Å². The van der Waals surface area contributed by atoms with Gasteiger partial charge in [0, 0.05) is 41.5 Å². The molecule has 3 aromatic carbocycles. The molecule has 1 amide bonds. The molecule has 10 heteroatoms. The Morgan fingerprint density at radius 1 is 1.03 bits per heavy atom. The van der Waals surface area contributed by atoms with E-state index in [4.69, 9.17) is 4.74 Å². The zero-order valence-corrected chi connectivity index (χ0v) is 20.9. The van der Waals surface area contributed by atoms with E-state index in [0.717, 1.165) is 17.3 Å². The van der Waals surface area contributed by atoms with Crippen molar-refractivity contribution in [3.8, 4) is 17.2 Å². The summed E-state index contributed by atoms with van der Waals surface area (Å²) in [4.78, 5) is 13.4. The van der Waals surface area contributed by atoms with Crippen molar-refractivity contribution in [3.05, 3.63) is 84.6 Å². The number of carbonyl (C=O) groups is 1. The molecule has 0 radical (unpaired) electrons. The topological polar surface area (TPSA) is 67.6 Å². The van der Waals surface area contributed by atoms with Gasteiger partial charge in [0.1, 0.15) is 11.5 Å². The van der Waals surface area contributed by atoms with Crippen molar-refractivity contribution in [1.29, 1.82) is 0 Å². The summed E-state index contributed by atoms with van der Waals surface area (Å²) in [6.07, 6.45) is -0.988. The standard InChI is InChI=1S/C27H23F3N2O4S/c1-3-37(34)23-10-7-19(8-11-23)15-26(33)31-20-9-12-24(32-14-13-18(32)2)25(16-20)35-21-5-4-6-22(17-21)36-27(28,29)30/h4-14,16-17H,3,15H2,1-2H3/p+1. The van der Waals surface area contributed by atoms with Crippen molar-refractivity contribution in [3.63, 3.8) is 0 Å². The Kier molecular flexibility index (Phi) is 7.77. The predicted molar refractivity (Wildman–Crippen MR) is 135 cm³/mol. The smallest absolute Gasteiger partial charge is 0.450 e. The Bertz CT molecular complexity index is 1400. The molecule has 6 nitrogen and oxygen atoms in total. The van der Waals surface area contributed by atoms with Gasteiger partial charge in [0.05, 0.1) is 23.3 Å². The maximum absolute atomic E-state index is 12.7. The highest BCUT2D eigenvalue weighted by Gasteiger charge is 2.31. The average Bonchev–Trinajstić information content (AvgIpc) is 2.83. The van der Waals surface area contributed by atoms with Crippen LogP contribution in [0.25, 0.3) is 0 Å². The van der Waals surface area contributed by atoms with Crippen molar-refractivity contribution in [2.75, 3.05) is 11.1 Å². The molecule has 0 aliphatic carbocycles. The fourth-order valence-electron chi connectivity index (χ4n) is 3.62. The molecule has 1 heterocycles. The van der Waals surface area contributed by atoms with Crippen LogP contribution in [0.3, 0.4) is 0 Å². The fourth-order valence-corrected chi connectivity index (χ4v) is 4.39. The molecule has 0 aromatic heterocycles. The number of amides is 1. The van der Waals surface area contributed by atoms with E-state index in [1.54, 1.807) is 42.5 Å². The summed E-state index contributed by atoms with van der Waals surface area (Å²) >= 11 is 0. The normalized spacial score (nSPS) is 13.6. The van der Waals surface area contributed by atoms with Crippen LogP contribution in [0.2, 0.25) is 0 Å². The molecule has 1 unspecified atom stereocenters. The second-order valence-electron chi connectivity index (χ2n) is 8.14. The molecule has 1 atom stereocenters. The molecular formula is C27H24F3N2O4S+.